The van der Waals surface area contributed by atoms with E-state index in [1.165, 1.54) is 5.56 Å². The van der Waals surface area contributed by atoms with Crippen molar-refractivity contribution in [1.82, 2.24) is 15.1 Å². The summed E-state index contributed by atoms with van der Waals surface area (Å²) in [7, 11) is 1.93. The molecule has 0 fully saturated rings. The average Bonchev–Trinajstić information content (AvgIpc) is 2.87. The molecule has 0 aromatic carbocycles. The molecule has 0 aliphatic rings. The topological polar surface area (TPSA) is 43.0 Å². The normalized spacial score (nSPS) is 12.9. The van der Waals surface area contributed by atoms with E-state index in [1.54, 1.807) is 0 Å². The lowest BCUT2D eigenvalue weighted by Crippen LogP contribution is -2.22. The van der Waals surface area contributed by atoms with Crippen LogP contribution in [0.4, 0.5) is 0 Å². The predicted octanol–water partition coefficient (Wildman–Crippen LogP) is 2.67. The summed E-state index contributed by atoms with van der Waals surface area (Å²) in [4.78, 5) is 0. The molecule has 1 unspecified atom stereocenters. The van der Waals surface area contributed by atoms with Crippen molar-refractivity contribution in [2.75, 3.05) is 6.54 Å². The Labute approximate surface area is 109 Å². The lowest BCUT2D eigenvalue weighted by atomic mass is 10.1. The average molecular weight is 298 g/mol. The van der Waals surface area contributed by atoms with Gasteiger partial charge in [-0.1, -0.05) is 6.92 Å². The van der Waals surface area contributed by atoms with Crippen LogP contribution in [0.5, 0.6) is 0 Å². The third-order valence-corrected chi connectivity index (χ3v) is 3.01. The fraction of sp³-hybridized carbons (Fsp3) is 0.417. The van der Waals surface area contributed by atoms with Gasteiger partial charge in [-0.25, -0.2) is 0 Å². The Morgan fingerprint density at radius 1 is 1.53 bits per heavy atom. The van der Waals surface area contributed by atoms with Crippen LogP contribution in [0.2, 0.25) is 0 Å². The van der Waals surface area contributed by atoms with Crippen LogP contribution in [0.1, 0.15) is 24.3 Å². The molecular weight excluding hydrogens is 282 g/mol. The first-order valence-electron chi connectivity index (χ1n) is 5.65. The van der Waals surface area contributed by atoms with Gasteiger partial charge < -0.3 is 9.73 Å². The summed E-state index contributed by atoms with van der Waals surface area (Å²) in [5.41, 5.74) is 1.20. The molecule has 1 N–H and O–H groups in total. The summed E-state index contributed by atoms with van der Waals surface area (Å²) in [5, 5.41) is 7.60. The Morgan fingerprint density at radius 2 is 2.35 bits per heavy atom. The van der Waals surface area contributed by atoms with Crippen LogP contribution in [0, 0.1) is 0 Å². The molecular formula is C12H16BrN3O. The van der Waals surface area contributed by atoms with Gasteiger partial charge in [0.1, 0.15) is 5.76 Å². The van der Waals surface area contributed by atoms with Crippen molar-refractivity contribution >= 4 is 15.9 Å². The minimum Gasteiger partial charge on any atom is -0.453 e. The summed E-state index contributed by atoms with van der Waals surface area (Å²) in [6.45, 7) is 3.00. The minimum absolute atomic E-state index is 0.190. The highest BCUT2D eigenvalue weighted by Crippen LogP contribution is 2.23. The maximum absolute atomic E-state index is 5.60. The van der Waals surface area contributed by atoms with Crippen LogP contribution in [0.3, 0.4) is 0 Å². The van der Waals surface area contributed by atoms with Crippen molar-refractivity contribution in [2.24, 2.45) is 7.05 Å². The number of rotatable bonds is 5. The Hall–Kier alpha value is -1.07. The molecule has 5 heteroatoms. The fourth-order valence-electron chi connectivity index (χ4n) is 1.85. The molecule has 2 aromatic rings. The Kier molecular flexibility index (Phi) is 4.02. The second kappa shape index (κ2) is 5.51. The van der Waals surface area contributed by atoms with E-state index in [1.807, 2.05) is 36.3 Å². The summed E-state index contributed by atoms with van der Waals surface area (Å²) in [5.74, 6) is 0.947. The number of furan rings is 1. The first-order chi connectivity index (χ1) is 8.19. The first-order valence-corrected chi connectivity index (χ1v) is 6.44. The van der Waals surface area contributed by atoms with E-state index in [0.717, 1.165) is 23.4 Å². The van der Waals surface area contributed by atoms with E-state index in [9.17, 15) is 0 Å². The standard InChI is InChI=1S/C12H16BrN3O/c1-3-14-10(11-4-5-12(13)17-11)6-9-7-15-16(2)8-9/h4-5,7-8,10,14H,3,6H2,1-2H3. The van der Waals surface area contributed by atoms with Crippen LogP contribution in [0.15, 0.2) is 33.6 Å². The van der Waals surface area contributed by atoms with Crippen molar-refractivity contribution in [3.63, 3.8) is 0 Å². The molecule has 17 heavy (non-hydrogen) atoms. The molecule has 0 saturated carbocycles. The van der Waals surface area contributed by atoms with Gasteiger partial charge in [0.15, 0.2) is 4.67 Å². The number of aryl methyl sites for hydroxylation is 1. The Balaban J connectivity index is 2.12. The second-order valence-electron chi connectivity index (χ2n) is 3.98. The monoisotopic (exact) mass is 297 g/mol. The number of aromatic nitrogens is 2. The van der Waals surface area contributed by atoms with E-state index in [-0.39, 0.29) is 6.04 Å². The first kappa shape index (κ1) is 12.4. The van der Waals surface area contributed by atoms with Crippen LogP contribution < -0.4 is 5.32 Å². The highest BCUT2D eigenvalue weighted by atomic mass is 79.9. The van der Waals surface area contributed by atoms with Crippen molar-refractivity contribution in [2.45, 2.75) is 19.4 Å². The maximum Gasteiger partial charge on any atom is 0.169 e. The van der Waals surface area contributed by atoms with Gasteiger partial charge in [-0.2, -0.15) is 5.10 Å². The summed E-state index contributed by atoms with van der Waals surface area (Å²) in [6, 6.07) is 4.10. The molecule has 0 amide bonds. The smallest absolute Gasteiger partial charge is 0.169 e. The quantitative estimate of drug-likeness (QED) is 0.923. The van der Waals surface area contributed by atoms with Crippen LogP contribution in [-0.4, -0.2) is 16.3 Å². The van der Waals surface area contributed by atoms with Gasteiger partial charge in [-0.15, -0.1) is 0 Å². The zero-order valence-electron chi connectivity index (χ0n) is 9.98. The maximum atomic E-state index is 5.60. The van der Waals surface area contributed by atoms with Gasteiger partial charge >= 0.3 is 0 Å². The van der Waals surface area contributed by atoms with Gasteiger partial charge in [0.25, 0.3) is 0 Å². The van der Waals surface area contributed by atoms with Gasteiger partial charge in [0.05, 0.1) is 12.2 Å². The molecule has 2 aromatic heterocycles. The number of hydrogen-bond acceptors (Lipinski definition) is 3. The lowest BCUT2D eigenvalue weighted by molar-refractivity contribution is 0.405. The lowest BCUT2D eigenvalue weighted by Gasteiger charge is -2.14. The number of hydrogen-bond donors (Lipinski definition) is 1. The molecule has 0 radical (unpaired) electrons. The van der Waals surface area contributed by atoms with Crippen LogP contribution >= 0.6 is 15.9 Å². The van der Waals surface area contributed by atoms with Gasteiger partial charge in [0, 0.05) is 13.2 Å². The van der Waals surface area contributed by atoms with Crippen LogP contribution in [0.25, 0.3) is 0 Å². The molecule has 0 spiro atoms. The summed E-state index contributed by atoms with van der Waals surface area (Å²) >= 11 is 3.33. The molecule has 2 rings (SSSR count). The van der Waals surface area contributed by atoms with Gasteiger partial charge in [-0.3, -0.25) is 4.68 Å². The highest BCUT2D eigenvalue weighted by molar-refractivity contribution is 9.10. The zero-order valence-corrected chi connectivity index (χ0v) is 11.6. The predicted molar refractivity (Wildman–Crippen MR) is 69.7 cm³/mol. The number of nitrogens with zero attached hydrogens (tertiary/aromatic N) is 2. The minimum atomic E-state index is 0.190. The van der Waals surface area contributed by atoms with Crippen molar-refractivity contribution in [3.8, 4) is 0 Å². The number of nitrogens with one attached hydrogen (secondary N) is 1. The largest absolute Gasteiger partial charge is 0.453 e. The van der Waals surface area contributed by atoms with E-state index in [4.69, 9.17) is 4.42 Å². The zero-order chi connectivity index (χ0) is 12.3. The van der Waals surface area contributed by atoms with E-state index in [2.05, 4.69) is 33.3 Å². The second-order valence-corrected chi connectivity index (χ2v) is 4.76. The van der Waals surface area contributed by atoms with E-state index in [0.29, 0.717) is 0 Å². The third-order valence-electron chi connectivity index (χ3n) is 2.59. The Bertz CT molecular complexity index is 478. The third kappa shape index (κ3) is 3.20. The van der Waals surface area contributed by atoms with E-state index >= 15 is 0 Å². The molecule has 0 saturated heterocycles. The SMILES string of the molecule is CCNC(Cc1cnn(C)c1)c1ccc(Br)o1. The van der Waals surface area contributed by atoms with Crippen molar-refractivity contribution < 1.29 is 4.42 Å². The van der Waals surface area contributed by atoms with Crippen molar-refractivity contribution in [3.05, 3.63) is 40.5 Å². The molecule has 0 aliphatic heterocycles. The number of likely N-dealkylation sites (N-methyl/N-ethyl adjacent to an activating group) is 1. The molecule has 92 valence electrons. The van der Waals surface area contributed by atoms with Crippen LogP contribution in [-0.2, 0) is 13.5 Å². The summed E-state index contributed by atoms with van der Waals surface area (Å²) < 4.78 is 8.19. The highest BCUT2D eigenvalue weighted by Gasteiger charge is 2.15. The van der Waals surface area contributed by atoms with Gasteiger partial charge in [-0.05, 0) is 46.6 Å². The summed E-state index contributed by atoms with van der Waals surface area (Å²) in [6.07, 6.45) is 4.80. The number of halogens is 1. The molecule has 4 nitrogen and oxygen atoms in total. The van der Waals surface area contributed by atoms with E-state index < -0.39 is 0 Å². The van der Waals surface area contributed by atoms with Gasteiger partial charge in [0.2, 0.25) is 0 Å². The molecule has 0 bridgehead atoms. The molecule has 0 aliphatic carbocycles. The molecule has 2 heterocycles. The Morgan fingerprint density at radius 3 is 2.88 bits per heavy atom. The fourth-order valence-corrected chi connectivity index (χ4v) is 2.17. The van der Waals surface area contributed by atoms with Crippen molar-refractivity contribution in [1.29, 1.82) is 0 Å². The molecule has 1 atom stereocenters.